The average Bonchev–Trinajstić information content (AvgIpc) is 3.57. The fourth-order valence-corrected chi connectivity index (χ4v) is 4.84. The van der Waals surface area contributed by atoms with E-state index >= 15 is 0 Å². The van der Waals surface area contributed by atoms with Crippen LogP contribution in [-0.2, 0) is 18.0 Å². The topological polar surface area (TPSA) is 136 Å². The van der Waals surface area contributed by atoms with Crippen LogP contribution in [0.5, 0.6) is 0 Å². The summed E-state index contributed by atoms with van der Waals surface area (Å²) in [5.41, 5.74) is -1.08. The summed E-state index contributed by atoms with van der Waals surface area (Å²) in [6.45, 7) is 8.39. The Bertz CT molecular complexity index is 1100. The number of aryl methyl sites for hydroxylation is 1. The first-order chi connectivity index (χ1) is 17.8. The van der Waals surface area contributed by atoms with Crippen molar-refractivity contribution in [2.75, 3.05) is 32.1 Å². The highest BCUT2D eigenvalue weighted by molar-refractivity contribution is 7.10. The predicted molar refractivity (Wildman–Crippen MR) is 139 cm³/mol. The number of aromatic nitrogens is 2. The Labute approximate surface area is 223 Å². The van der Waals surface area contributed by atoms with E-state index in [1.54, 1.807) is 13.1 Å². The fourth-order valence-electron chi connectivity index (χ4n) is 3.91. The number of hydrazone groups is 1. The number of nitrogens with one attached hydrogen (secondary N) is 3. The highest BCUT2D eigenvalue weighted by Gasteiger charge is 2.39. The van der Waals surface area contributed by atoms with E-state index in [-0.39, 0.29) is 11.9 Å². The number of nitrogens with zero attached hydrogens (tertiary/aromatic N) is 4. The third kappa shape index (κ3) is 9.59. The van der Waals surface area contributed by atoms with Gasteiger partial charge in [0.25, 0.3) is 11.9 Å². The van der Waals surface area contributed by atoms with Gasteiger partial charge in [0, 0.05) is 44.2 Å². The van der Waals surface area contributed by atoms with Gasteiger partial charge in [-0.15, -0.1) is 11.3 Å². The lowest BCUT2D eigenvalue weighted by molar-refractivity contribution is -0.485. The van der Waals surface area contributed by atoms with Crippen LogP contribution in [0, 0.1) is 22.0 Å². The molecule has 0 spiro atoms. The largest absolute Gasteiger partial charge is 0.435 e. The van der Waals surface area contributed by atoms with E-state index in [0.717, 1.165) is 35.2 Å². The molecule has 1 aliphatic rings. The van der Waals surface area contributed by atoms with Crippen molar-refractivity contribution in [1.82, 2.24) is 20.4 Å². The van der Waals surface area contributed by atoms with Gasteiger partial charge in [0.2, 0.25) is 0 Å². The first-order valence-electron chi connectivity index (χ1n) is 12.0. The van der Waals surface area contributed by atoms with Gasteiger partial charge in [0.15, 0.2) is 10.7 Å². The molecule has 0 aliphatic carbocycles. The van der Waals surface area contributed by atoms with Gasteiger partial charge in [0.1, 0.15) is 5.10 Å². The molecule has 15 heteroatoms. The molecule has 2 unspecified atom stereocenters. The van der Waals surface area contributed by atoms with Gasteiger partial charge in [0.05, 0.1) is 17.9 Å². The van der Waals surface area contributed by atoms with Crippen molar-refractivity contribution in [1.29, 1.82) is 0 Å². The Morgan fingerprint density at radius 2 is 2.11 bits per heavy atom. The molecule has 1 amide bonds. The Morgan fingerprint density at radius 1 is 1.39 bits per heavy atom. The number of nitro groups is 1. The lowest BCUT2D eigenvalue weighted by Crippen LogP contribution is -2.38. The number of anilines is 1. The standard InChI is InChI=1S/C16H20F3N3OS.C7H14N4O3/c1-9(2)7-10(3)13-12(5-6-24-13)20-15(23)11-8-22(4)21-14(11)16(17,18)19;1-8-7(10-11(12)13)9-4-6-2-3-14-5-6/h5-6,8-10H,7H2,1-4H3,(H,20,23);6H,2-5H2,1H3,(H2,8,9,10). The minimum atomic E-state index is -4.67. The van der Waals surface area contributed by atoms with Crippen LogP contribution < -0.4 is 16.0 Å². The summed E-state index contributed by atoms with van der Waals surface area (Å²) < 4.78 is 45.2. The summed E-state index contributed by atoms with van der Waals surface area (Å²) in [6.07, 6.45) is -1.66. The zero-order valence-electron chi connectivity index (χ0n) is 22.0. The van der Waals surface area contributed by atoms with E-state index in [1.807, 2.05) is 12.3 Å². The second-order valence-electron chi connectivity index (χ2n) is 9.29. The molecular formula is C23H34F3N7O4S. The van der Waals surface area contributed by atoms with Crippen LogP contribution in [0.3, 0.4) is 0 Å². The molecule has 2 atom stereocenters. The fraction of sp³-hybridized carbons (Fsp3) is 0.609. The number of alkyl halides is 3. The molecule has 1 fully saturated rings. The van der Waals surface area contributed by atoms with Gasteiger partial charge >= 0.3 is 6.18 Å². The van der Waals surface area contributed by atoms with Crippen molar-refractivity contribution >= 4 is 28.9 Å². The summed E-state index contributed by atoms with van der Waals surface area (Å²) in [5, 5.41) is 25.7. The number of hydrogen-bond acceptors (Lipinski definition) is 6. The molecule has 1 saturated heterocycles. The summed E-state index contributed by atoms with van der Waals surface area (Å²) in [4.78, 5) is 23.4. The maximum Gasteiger partial charge on any atom is 0.435 e. The SMILES string of the molecule is CC(C)CC(C)c1sccc1NC(=O)c1cn(C)nc1C(F)(F)F.CN/C(=N/[N+](=O)[O-])NCC1CCOC1. The number of rotatable bonds is 8. The molecule has 2 aromatic rings. The molecule has 3 rings (SSSR count). The summed E-state index contributed by atoms with van der Waals surface area (Å²) in [7, 11) is 2.94. The van der Waals surface area contributed by atoms with Gasteiger partial charge in [-0.1, -0.05) is 20.8 Å². The molecular weight excluding hydrogens is 527 g/mol. The van der Waals surface area contributed by atoms with Gasteiger partial charge in [-0.25, -0.2) is 10.1 Å². The molecule has 0 saturated carbocycles. The minimum absolute atomic E-state index is 0.182. The molecule has 0 aromatic carbocycles. The van der Waals surface area contributed by atoms with Crippen molar-refractivity contribution in [2.45, 2.75) is 45.7 Å². The maximum atomic E-state index is 13.0. The second-order valence-corrected chi connectivity index (χ2v) is 10.2. The number of carbonyl (C=O) groups excluding carboxylic acids is 1. The number of guanidine groups is 1. The van der Waals surface area contributed by atoms with Crippen LogP contribution in [0.2, 0.25) is 0 Å². The Morgan fingerprint density at radius 3 is 2.66 bits per heavy atom. The average molecular weight is 562 g/mol. The molecule has 0 radical (unpaired) electrons. The second kappa shape index (κ2) is 14.1. The van der Waals surface area contributed by atoms with E-state index in [2.05, 4.69) is 40.0 Å². The molecule has 0 bridgehead atoms. The highest BCUT2D eigenvalue weighted by Crippen LogP contribution is 2.35. The number of halogens is 3. The number of amides is 1. The first kappa shape index (κ1) is 31.0. The van der Waals surface area contributed by atoms with Crippen LogP contribution in [0.4, 0.5) is 18.9 Å². The lowest BCUT2D eigenvalue weighted by Gasteiger charge is -2.15. The number of ether oxygens (including phenoxy) is 1. The van der Waals surface area contributed by atoms with E-state index < -0.39 is 28.4 Å². The van der Waals surface area contributed by atoms with E-state index in [9.17, 15) is 28.1 Å². The van der Waals surface area contributed by atoms with Crippen LogP contribution >= 0.6 is 11.3 Å². The van der Waals surface area contributed by atoms with E-state index in [0.29, 0.717) is 30.7 Å². The number of hydrogen-bond donors (Lipinski definition) is 3. The third-order valence-corrected chi connectivity index (χ3v) is 6.71. The van der Waals surface area contributed by atoms with Crippen molar-refractivity contribution in [3.8, 4) is 0 Å². The van der Waals surface area contributed by atoms with Crippen LogP contribution in [0.1, 0.15) is 60.5 Å². The minimum Gasteiger partial charge on any atom is -0.381 e. The monoisotopic (exact) mass is 561 g/mol. The molecule has 212 valence electrons. The maximum absolute atomic E-state index is 13.0. The van der Waals surface area contributed by atoms with Crippen LogP contribution in [0.15, 0.2) is 22.7 Å². The molecule has 2 aromatic heterocycles. The third-order valence-electron chi connectivity index (χ3n) is 5.56. The van der Waals surface area contributed by atoms with Crippen molar-refractivity contribution in [3.05, 3.63) is 43.9 Å². The molecule has 3 heterocycles. The van der Waals surface area contributed by atoms with E-state index in [1.165, 1.54) is 18.4 Å². The van der Waals surface area contributed by atoms with Gasteiger partial charge in [-0.2, -0.15) is 18.3 Å². The predicted octanol–water partition coefficient (Wildman–Crippen LogP) is 4.28. The van der Waals surface area contributed by atoms with Crippen LogP contribution in [-0.4, -0.2) is 53.5 Å². The Kier molecular flexibility index (Phi) is 11.5. The smallest absolute Gasteiger partial charge is 0.381 e. The quantitative estimate of drug-likeness (QED) is 0.189. The Hall–Kier alpha value is -3.20. The summed E-state index contributed by atoms with van der Waals surface area (Å²) >= 11 is 1.49. The molecule has 3 N–H and O–H groups in total. The zero-order chi connectivity index (χ0) is 28.5. The lowest BCUT2D eigenvalue weighted by atomic mass is 9.97. The van der Waals surface area contributed by atoms with Crippen molar-refractivity contribution in [2.24, 2.45) is 24.0 Å². The van der Waals surface area contributed by atoms with Gasteiger partial charge < -0.3 is 20.7 Å². The molecule has 11 nitrogen and oxygen atoms in total. The number of thiophene rings is 1. The summed E-state index contributed by atoms with van der Waals surface area (Å²) in [6, 6.07) is 1.72. The Balaban J connectivity index is 0.000000308. The normalized spacial score (nSPS) is 16.6. The number of carbonyl (C=O) groups is 1. The zero-order valence-corrected chi connectivity index (χ0v) is 22.8. The highest BCUT2D eigenvalue weighted by atomic mass is 32.1. The molecule has 1 aliphatic heterocycles. The molecule has 38 heavy (non-hydrogen) atoms. The van der Waals surface area contributed by atoms with Gasteiger partial charge in [-0.05, 0) is 36.1 Å². The summed E-state index contributed by atoms with van der Waals surface area (Å²) in [5.74, 6) is 0.506. The van der Waals surface area contributed by atoms with Gasteiger partial charge in [-0.3, -0.25) is 9.48 Å². The van der Waals surface area contributed by atoms with Crippen molar-refractivity contribution in [3.63, 3.8) is 0 Å². The van der Waals surface area contributed by atoms with Crippen molar-refractivity contribution < 1.29 is 27.7 Å². The first-order valence-corrected chi connectivity index (χ1v) is 12.9. The van der Waals surface area contributed by atoms with Crippen LogP contribution in [0.25, 0.3) is 0 Å². The van der Waals surface area contributed by atoms with E-state index in [4.69, 9.17) is 4.74 Å².